The molecule has 24 heavy (non-hydrogen) atoms. The van der Waals surface area contributed by atoms with Crippen molar-refractivity contribution in [3.05, 3.63) is 23.8 Å². The Morgan fingerprint density at radius 3 is 2.62 bits per heavy atom. The van der Waals surface area contributed by atoms with Gasteiger partial charge in [-0.15, -0.1) is 0 Å². The molecule has 1 aromatic carbocycles. The first-order chi connectivity index (χ1) is 11.7. The number of amides is 1. The molecule has 0 spiro atoms. The van der Waals surface area contributed by atoms with Gasteiger partial charge in [-0.05, 0) is 31.0 Å². The fourth-order valence-electron chi connectivity index (χ4n) is 2.58. The number of esters is 1. The molecule has 6 nitrogen and oxygen atoms in total. The Morgan fingerprint density at radius 2 is 1.96 bits per heavy atom. The zero-order valence-electron chi connectivity index (χ0n) is 14.5. The van der Waals surface area contributed by atoms with E-state index in [1.165, 1.54) is 0 Å². The highest BCUT2D eigenvalue weighted by atomic mass is 16.5. The minimum atomic E-state index is -0.357. The quantitative estimate of drug-likeness (QED) is 0.777. The highest BCUT2D eigenvalue weighted by Gasteiger charge is 2.20. The molecule has 0 aliphatic carbocycles. The molecule has 1 aliphatic heterocycles. The second kappa shape index (κ2) is 9.27. The maximum Gasteiger partial charge on any atom is 0.340 e. The molecule has 6 heteroatoms. The molecule has 2 rings (SSSR count). The van der Waals surface area contributed by atoms with Gasteiger partial charge in [-0.25, -0.2) is 4.79 Å². The zero-order valence-corrected chi connectivity index (χ0v) is 14.5. The topological polar surface area (TPSA) is 67.9 Å². The number of rotatable bonds is 7. The fourth-order valence-corrected chi connectivity index (χ4v) is 2.58. The van der Waals surface area contributed by atoms with Crippen molar-refractivity contribution < 1.29 is 19.1 Å². The summed E-state index contributed by atoms with van der Waals surface area (Å²) in [4.78, 5) is 26.4. The van der Waals surface area contributed by atoms with Gasteiger partial charge in [0.2, 0.25) is 5.91 Å². The van der Waals surface area contributed by atoms with Crippen molar-refractivity contribution in [2.45, 2.75) is 33.1 Å². The van der Waals surface area contributed by atoms with E-state index in [9.17, 15) is 9.59 Å². The van der Waals surface area contributed by atoms with E-state index >= 15 is 0 Å². The lowest BCUT2D eigenvalue weighted by molar-refractivity contribution is -0.116. The van der Waals surface area contributed by atoms with Crippen LogP contribution in [0.4, 0.5) is 11.4 Å². The number of anilines is 2. The summed E-state index contributed by atoms with van der Waals surface area (Å²) >= 11 is 0. The van der Waals surface area contributed by atoms with Crippen molar-refractivity contribution in [1.29, 1.82) is 0 Å². The number of ether oxygens (including phenoxy) is 2. The van der Waals surface area contributed by atoms with Crippen molar-refractivity contribution >= 4 is 23.3 Å². The SMILES string of the molecule is CCCOC(=O)c1cc(NC(=O)CCC)ccc1N1CCOCC1. The molecule has 0 unspecified atom stereocenters. The van der Waals surface area contributed by atoms with Crippen LogP contribution in [0.1, 0.15) is 43.5 Å². The normalized spacial score (nSPS) is 14.3. The summed E-state index contributed by atoms with van der Waals surface area (Å²) < 4.78 is 10.7. The average molecular weight is 334 g/mol. The minimum absolute atomic E-state index is 0.0514. The highest BCUT2D eigenvalue weighted by molar-refractivity contribution is 5.99. The largest absolute Gasteiger partial charge is 0.462 e. The van der Waals surface area contributed by atoms with E-state index in [4.69, 9.17) is 9.47 Å². The summed E-state index contributed by atoms with van der Waals surface area (Å²) in [6, 6.07) is 5.40. The van der Waals surface area contributed by atoms with Crippen LogP contribution in [0, 0.1) is 0 Å². The lowest BCUT2D eigenvalue weighted by Crippen LogP contribution is -2.37. The minimum Gasteiger partial charge on any atom is -0.462 e. The van der Waals surface area contributed by atoms with E-state index in [0.29, 0.717) is 37.5 Å². The van der Waals surface area contributed by atoms with Crippen LogP contribution in [-0.2, 0) is 14.3 Å². The number of nitrogens with zero attached hydrogens (tertiary/aromatic N) is 1. The van der Waals surface area contributed by atoms with E-state index in [2.05, 4.69) is 10.2 Å². The molecule has 1 amide bonds. The maximum atomic E-state index is 12.4. The van der Waals surface area contributed by atoms with Crippen LogP contribution in [0.5, 0.6) is 0 Å². The third-order valence-corrected chi connectivity index (χ3v) is 3.77. The smallest absolute Gasteiger partial charge is 0.340 e. The summed E-state index contributed by atoms with van der Waals surface area (Å²) in [6.07, 6.45) is 2.01. The average Bonchev–Trinajstić information content (AvgIpc) is 2.60. The molecular formula is C18H26N2O4. The van der Waals surface area contributed by atoms with Crippen LogP contribution in [0.3, 0.4) is 0 Å². The molecule has 0 aromatic heterocycles. The van der Waals surface area contributed by atoms with Gasteiger partial charge >= 0.3 is 5.97 Å². The van der Waals surface area contributed by atoms with Gasteiger partial charge < -0.3 is 19.7 Å². The van der Waals surface area contributed by atoms with Gasteiger partial charge in [0, 0.05) is 25.2 Å². The molecule has 1 aromatic rings. The van der Waals surface area contributed by atoms with Gasteiger partial charge in [-0.2, -0.15) is 0 Å². The highest BCUT2D eigenvalue weighted by Crippen LogP contribution is 2.26. The van der Waals surface area contributed by atoms with Crippen molar-refractivity contribution in [2.75, 3.05) is 43.1 Å². The third-order valence-electron chi connectivity index (χ3n) is 3.77. The van der Waals surface area contributed by atoms with Crippen LogP contribution in [-0.4, -0.2) is 44.8 Å². The van der Waals surface area contributed by atoms with Crippen molar-refractivity contribution in [1.82, 2.24) is 0 Å². The summed E-state index contributed by atoms with van der Waals surface area (Å²) in [7, 11) is 0. The molecule has 1 aliphatic rings. The van der Waals surface area contributed by atoms with Crippen LogP contribution < -0.4 is 10.2 Å². The Morgan fingerprint density at radius 1 is 1.21 bits per heavy atom. The molecule has 1 saturated heterocycles. The van der Waals surface area contributed by atoms with E-state index in [1.54, 1.807) is 6.07 Å². The van der Waals surface area contributed by atoms with E-state index < -0.39 is 0 Å². The van der Waals surface area contributed by atoms with Gasteiger partial charge in [-0.3, -0.25) is 4.79 Å². The van der Waals surface area contributed by atoms with Crippen LogP contribution in [0.2, 0.25) is 0 Å². The molecule has 1 heterocycles. The third kappa shape index (κ3) is 4.96. The second-order valence-corrected chi connectivity index (χ2v) is 5.77. The van der Waals surface area contributed by atoms with Gasteiger partial charge in [0.05, 0.1) is 31.1 Å². The molecular weight excluding hydrogens is 308 g/mol. The van der Waals surface area contributed by atoms with Gasteiger partial charge in [0.1, 0.15) is 0 Å². The van der Waals surface area contributed by atoms with E-state index in [1.807, 2.05) is 26.0 Å². The summed E-state index contributed by atoms with van der Waals surface area (Å²) in [5, 5.41) is 2.83. The monoisotopic (exact) mass is 334 g/mol. The van der Waals surface area contributed by atoms with E-state index in [-0.39, 0.29) is 11.9 Å². The standard InChI is InChI=1S/C18H26N2O4/c1-3-5-17(21)19-14-6-7-16(20-8-11-23-12-9-20)15(13-14)18(22)24-10-4-2/h6-7,13H,3-5,8-12H2,1-2H3,(H,19,21). The first-order valence-corrected chi connectivity index (χ1v) is 8.59. The second-order valence-electron chi connectivity index (χ2n) is 5.77. The fraction of sp³-hybridized carbons (Fsp3) is 0.556. The van der Waals surface area contributed by atoms with Crippen molar-refractivity contribution in [3.63, 3.8) is 0 Å². The Hall–Kier alpha value is -2.08. The predicted octanol–water partition coefficient (Wildman–Crippen LogP) is 2.83. The van der Waals surface area contributed by atoms with Gasteiger partial charge in [0.15, 0.2) is 0 Å². The van der Waals surface area contributed by atoms with Crippen molar-refractivity contribution in [3.8, 4) is 0 Å². The molecule has 0 radical (unpaired) electrons. The first-order valence-electron chi connectivity index (χ1n) is 8.59. The van der Waals surface area contributed by atoms with Gasteiger partial charge in [0.25, 0.3) is 0 Å². The Bertz CT molecular complexity index is 568. The summed E-state index contributed by atoms with van der Waals surface area (Å²) in [5.74, 6) is -0.408. The molecule has 0 atom stereocenters. The number of hydrogen-bond acceptors (Lipinski definition) is 5. The maximum absolute atomic E-state index is 12.4. The number of benzene rings is 1. The Labute approximate surface area is 143 Å². The summed E-state index contributed by atoms with van der Waals surface area (Å²) in [6.45, 7) is 7.03. The molecule has 0 saturated carbocycles. The first kappa shape index (κ1) is 18.3. The van der Waals surface area contributed by atoms with Crippen LogP contribution in [0.25, 0.3) is 0 Å². The summed E-state index contributed by atoms with van der Waals surface area (Å²) in [5.41, 5.74) is 1.93. The number of morpholine rings is 1. The Balaban J connectivity index is 2.24. The number of carbonyl (C=O) groups is 2. The molecule has 0 bridgehead atoms. The van der Waals surface area contributed by atoms with Crippen LogP contribution >= 0.6 is 0 Å². The number of nitrogens with one attached hydrogen (secondary N) is 1. The molecule has 132 valence electrons. The number of carbonyl (C=O) groups excluding carboxylic acids is 2. The zero-order chi connectivity index (χ0) is 17.4. The van der Waals surface area contributed by atoms with Crippen LogP contribution in [0.15, 0.2) is 18.2 Å². The molecule has 1 fully saturated rings. The molecule has 1 N–H and O–H groups in total. The number of hydrogen-bond donors (Lipinski definition) is 1. The predicted molar refractivity (Wildman–Crippen MR) is 93.6 cm³/mol. The lowest BCUT2D eigenvalue weighted by atomic mass is 10.1. The van der Waals surface area contributed by atoms with Gasteiger partial charge in [-0.1, -0.05) is 13.8 Å². The van der Waals surface area contributed by atoms with E-state index in [0.717, 1.165) is 31.6 Å². The van der Waals surface area contributed by atoms with Crippen molar-refractivity contribution in [2.24, 2.45) is 0 Å². The lowest BCUT2D eigenvalue weighted by Gasteiger charge is -2.30. The Kier molecular flexibility index (Phi) is 7.06.